The van der Waals surface area contributed by atoms with Gasteiger partial charge in [0.05, 0.1) is 6.61 Å². The highest BCUT2D eigenvalue weighted by atomic mass is 16.3. The summed E-state index contributed by atoms with van der Waals surface area (Å²) >= 11 is 0. The van der Waals surface area contributed by atoms with Crippen LogP contribution < -0.4 is 5.32 Å². The van der Waals surface area contributed by atoms with Crippen molar-refractivity contribution in [3.05, 3.63) is 0 Å². The number of piperidine rings is 1. The highest BCUT2D eigenvalue weighted by molar-refractivity contribution is 5.76. The molecular formula is C17H34N2O2. The summed E-state index contributed by atoms with van der Waals surface area (Å²) in [5.74, 6) is 0.866. The van der Waals surface area contributed by atoms with Crippen LogP contribution in [0.25, 0.3) is 0 Å². The minimum atomic E-state index is 0.0609. The standard InChI is InChI=1S/C17H34N2O2/c1-13(2)10-15(12-20)18-14-6-8-19(9-7-14)16(21)11-17(3,4)5/h13-15,18,20H,6-12H2,1-5H3. The first-order valence-corrected chi connectivity index (χ1v) is 8.36. The summed E-state index contributed by atoms with van der Waals surface area (Å²) in [6, 6.07) is 0.617. The molecule has 4 heteroatoms. The number of aliphatic hydroxyl groups excluding tert-OH is 1. The van der Waals surface area contributed by atoms with Crippen LogP contribution >= 0.6 is 0 Å². The van der Waals surface area contributed by atoms with Gasteiger partial charge in [-0.3, -0.25) is 4.79 Å². The van der Waals surface area contributed by atoms with E-state index in [4.69, 9.17) is 0 Å². The van der Waals surface area contributed by atoms with E-state index < -0.39 is 0 Å². The SMILES string of the molecule is CC(C)CC(CO)NC1CCN(C(=O)CC(C)(C)C)CC1. The van der Waals surface area contributed by atoms with Crippen LogP contribution in [-0.2, 0) is 4.79 Å². The highest BCUT2D eigenvalue weighted by Crippen LogP contribution is 2.22. The molecule has 1 saturated heterocycles. The first-order valence-electron chi connectivity index (χ1n) is 8.36. The molecule has 21 heavy (non-hydrogen) atoms. The predicted octanol–water partition coefficient (Wildman–Crippen LogP) is 2.41. The molecule has 0 spiro atoms. The molecule has 0 aromatic rings. The Bertz CT molecular complexity index is 315. The molecule has 0 aromatic heterocycles. The zero-order valence-corrected chi connectivity index (χ0v) is 14.5. The lowest BCUT2D eigenvalue weighted by Gasteiger charge is -2.35. The van der Waals surface area contributed by atoms with E-state index in [2.05, 4.69) is 39.9 Å². The van der Waals surface area contributed by atoms with E-state index in [9.17, 15) is 9.90 Å². The molecule has 1 unspecified atom stereocenters. The maximum absolute atomic E-state index is 12.2. The third-order valence-corrected chi connectivity index (χ3v) is 3.98. The van der Waals surface area contributed by atoms with Crippen LogP contribution in [0.3, 0.4) is 0 Å². The zero-order chi connectivity index (χ0) is 16.0. The lowest BCUT2D eigenvalue weighted by atomic mass is 9.91. The molecule has 0 radical (unpaired) electrons. The van der Waals surface area contributed by atoms with Gasteiger partial charge in [-0.1, -0.05) is 34.6 Å². The number of nitrogens with zero attached hydrogens (tertiary/aromatic N) is 1. The molecule has 2 N–H and O–H groups in total. The Morgan fingerprint density at radius 3 is 2.29 bits per heavy atom. The van der Waals surface area contributed by atoms with Gasteiger partial charge in [-0.15, -0.1) is 0 Å². The van der Waals surface area contributed by atoms with Crippen molar-refractivity contribution in [2.45, 2.75) is 72.4 Å². The minimum Gasteiger partial charge on any atom is -0.395 e. The van der Waals surface area contributed by atoms with Crippen molar-refractivity contribution in [3.8, 4) is 0 Å². The third kappa shape index (κ3) is 7.28. The molecule has 1 fully saturated rings. The van der Waals surface area contributed by atoms with Crippen LogP contribution in [0.2, 0.25) is 0 Å². The topological polar surface area (TPSA) is 52.6 Å². The Balaban J connectivity index is 2.36. The second-order valence-electron chi connectivity index (χ2n) is 8.07. The van der Waals surface area contributed by atoms with Gasteiger partial charge in [-0.05, 0) is 30.6 Å². The molecule has 1 aliphatic rings. The smallest absolute Gasteiger partial charge is 0.223 e. The molecule has 1 rings (SSSR count). The van der Waals surface area contributed by atoms with Crippen LogP contribution in [0.15, 0.2) is 0 Å². The fourth-order valence-electron chi connectivity index (χ4n) is 2.96. The summed E-state index contributed by atoms with van der Waals surface area (Å²) in [5.41, 5.74) is 0.0609. The van der Waals surface area contributed by atoms with Crippen molar-refractivity contribution in [1.29, 1.82) is 0 Å². The van der Waals surface area contributed by atoms with Crippen molar-refractivity contribution in [2.75, 3.05) is 19.7 Å². The number of hydrogen-bond donors (Lipinski definition) is 2. The van der Waals surface area contributed by atoms with Crippen LogP contribution in [0.5, 0.6) is 0 Å². The predicted molar refractivity (Wildman–Crippen MR) is 87.1 cm³/mol. The number of carbonyl (C=O) groups excluding carboxylic acids is 1. The van der Waals surface area contributed by atoms with Gasteiger partial charge in [0.1, 0.15) is 0 Å². The number of aliphatic hydroxyl groups is 1. The molecule has 124 valence electrons. The summed E-state index contributed by atoms with van der Waals surface area (Å²) in [6.45, 7) is 12.6. The highest BCUT2D eigenvalue weighted by Gasteiger charge is 2.26. The van der Waals surface area contributed by atoms with Gasteiger partial charge >= 0.3 is 0 Å². The van der Waals surface area contributed by atoms with Crippen LogP contribution in [0.4, 0.5) is 0 Å². The Morgan fingerprint density at radius 1 is 1.29 bits per heavy atom. The van der Waals surface area contributed by atoms with Gasteiger partial charge in [-0.2, -0.15) is 0 Å². The molecule has 0 aliphatic carbocycles. The van der Waals surface area contributed by atoms with E-state index in [0.29, 0.717) is 18.4 Å². The van der Waals surface area contributed by atoms with Crippen molar-refractivity contribution < 1.29 is 9.90 Å². The van der Waals surface area contributed by atoms with Crippen LogP contribution in [-0.4, -0.2) is 47.7 Å². The van der Waals surface area contributed by atoms with E-state index in [-0.39, 0.29) is 24.0 Å². The Hall–Kier alpha value is -0.610. The first-order chi connectivity index (χ1) is 9.71. The van der Waals surface area contributed by atoms with Crippen molar-refractivity contribution in [1.82, 2.24) is 10.2 Å². The number of rotatable bonds is 6. The number of nitrogens with one attached hydrogen (secondary N) is 1. The number of amides is 1. The van der Waals surface area contributed by atoms with Gasteiger partial charge in [-0.25, -0.2) is 0 Å². The third-order valence-electron chi connectivity index (χ3n) is 3.98. The van der Waals surface area contributed by atoms with E-state index >= 15 is 0 Å². The van der Waals surface area contributed by atoms with Gasteiger partial charge in [0.15, 0.2) is 0 Å². The molecule has 4 nitrogen and oxygen atoms in total. The monoisotopic (exact) mass is 298 g/mol. The average molecular weight is 298 g/mol. The lowest BCUT2D eigenvalue weighted by molar-refractivity contribution is -0.134. The number of carbonyl (C=O) groups is 1. The fourth-order valence-corrected chi connectivity index (χ4v) is 2.96. The van der Waals surface area contributed by atoms with Crippen LogP contribution in [0.1, 0.15) is 60.3 Å². The Kier molecular flexibility index (Phi) is 7.14. The molecule has 1 amide bonds. The number of likely N-dealkylation sites (tertiary alicyclic amines) is 1. The summed E-state index contributed by atoms with van der Waals surface area (Å²) < 4.78 is 0. The molecule has 1 heterocycles. The summed E-state index contributed by atoms with van der Waals surface area (Å²) in [7, 11) is 0. The van der Waals surface area contributed by atoms with Gasteiger partial charge in [0, 0.05) is 31.6 Å². The largest absolute Gasteiger partial charge is 0.395 e. The second kappa shape index (κ2) is 8.14. The summed E-state index contributed by atoms with van der Waals surface area (Å²) in [4.78, 5) is 14.2. The summed E-state index contributed by atoms with van der Waals surface area (Å²) in [5, 5.41) is 13.0. The zero-order valence-electron chi connectivity index (χ0n) is 14.5. The van der Waals surface area contributed by atoms with Gasteiger partial charge < -0.3 is 15.3 Å². The van der Waals surface area contributed by atoms with Gasteiger partial charge in [0.25, 0.3) is 0 Å². The van der Waals surface area contributed by atoms with Crippen molar-refractivity contribution >= 4 is 5.91 Å². The Morgan fingerprint density at radius 2 is 1.86 bits per heavy atom. The first kappa shape index (κ1) is 18.4. The second-order valence-corrected chi connectivity index (χ2v) is 8.07. The fraction of sp³-hybridized carbons (Fsp3) is 0.941. The quantitative estimate of drug-likeness (QED) is 0.792. The average Bonchev–Trinajstić information content (AvgIpc) is 2.36. The van der Waals surface area contributed by atoms with Crippen molar-refractivity contribution in [3.63, 3.8) is 0 Å². The lowest BCUT2D eigenvalue weighted by Crippen LogP contribution is -2.49. The molecule has 1 atom stereocenters. The normalized spacial score (nSPS) is 19.1. The van der Waals surface area contributed by atoms with Crippen molar-refractivity contribution in [2.24, 2.45) is 11.3 Å². The molecule has 0 saturated carbocycles. The minimum absolute atomic E-state index is 0.0609. The number of hydrogen-bond acceptors (Lipinski definition) is 3. The maximum Gasteiger partial charge on any atom is 0.223 e. The van der Waals surface area contributed by atoms with Crippen LogP contribution in [0, 0.1) is 11.3 Å². The van der Waals surface area contributed by atoms with E-state index in [1.807, 2.05) is 4.90 Å². The molecule has 0 aromatic carbocycles. The maximum atomic E-state index is 12.2. The molecular weight excluding hydrogens is 264 g/mol. The van der Waals surface area contributed by atoms with Gasteiger partial charge in [0.2, 0.25) is 5.91 Å². The molecule has 0 bridgehead atoms. The summed E-state index contributed by atoms with van der Waals surface area (Å²) in [6.07, 6.45) is 3.60. The Labute approximate surface area is 130 Å². The molecule has 1 aliphatic heterocycles. The van der Waals surface area contributed by atoms with E-state index in [1.54, 1.807) is 0 Å². The van der Waals surface area contributed by atoms with E-state index in [1.165, 1.54) is 0 Å². The van der Waals surface area contributed by atoms with E-state index in [0.717, 1.165) is 32.4 Å².